The number of anilines is 1. The number of amides is 2. The van der Waals surface area contributed by atoms with Crippen molar-refractivity contribution < 1.29 is 18.0 Å². The molecule has 2 aromatic rings. The number of aryl methyl sites for hydroxylation is 2. The van der Waals surface area contributed by atoms with Gasteiger partial charge in [-0.1, -0.05) is 34.1 Å². The third-order valence-electron chi connectivity index (χ3n) is 5.30. The number of likely N-dealkylation sites (N-methyl/N-ethyl adjacent to an activating group) is 1. The standard InChI is InChI=1S/C24H32BrN3O4S/c1-17-12-18(2)14-22(13-17)28(33(5,31)32)11-7-10-23(29)27(19(3)24(30)26-4)16-20-8-6-9-21(25)15-20/h6,8-9,12-15,19H,7,10-11,16H2,1-5H3,(H,26,30)/t19-/m1/s1. The van der Waals surface area contributed by atoms with Crippen molar-refractivity contribution in [1.82, 2.24) is 10.2 Å². The SMILES string of the molecule is CNC(=O)[C@@H](C)N(Cc1cccc(Br)c1)C(=O)CCCN(c1cc(C)cc(C)c1)S(C)(=O)=O. The number of sulfonamides is 1. The molecule has 0 aromatic heterocycles. The van der Waals surface area contributed by atoms with Crippen LogP contribution in [-0.2, 0) is 26.2 Å². The summed E-state index contributed by atoms with van der Waals surface area (Å²) >= 11 is 3.43. The van der Waals surface area contributed by atoms with Crippen LogP contribution in [0, 0.1) is 13.8 Å². The summed E-state index contributed by atoms with van der Waals surface area (Å²) in [6, 6.07) is 12.5. The van der Waals surface area contributed by atoms with Crippen LogP contribution in [-0.4, -0.2) is 51.0 Å². The van der Waals surface area contributed by atoms with E-state index in [-0.39, 0.29) is 31.3 Å². The number of nitrogens with zero attached hydrogens (tertiary/aromatic N) is 2. The Hall–Kier alpha value is -2.39. The van der Waals surface area contributed by atoms with E-state index in [2.05, 4.69) is 21.2 Å². The van der Waals surface area contributed by atoms with Crippen LogP contribution in [0.1, 0.15) is 36.5 Å². The molecule has 0 unspecified atom stereocenters. The molecule has 0 aliphatic carbocycles. The average Bonchev–Trinajstić information content (AvgIpc) is 2.72. The van der Waals surface area contributed by atoms with E-state index in [0.29, 0.717) is 12.1 Å². The van der Waals surface area contributed by atoms with E-state index in [9.17, 15) is 18.0 Å². The van der Waals surface area contributed by atoms with Gasteiger partial charge < -0.3 is 10.2 Å². The Morgan fingerprint density at radius 3 is 2.27 bits per heavy atom. The summed E-state index contributed by atoms with van der Waals surface area (Å²) < 4.78 is 27.1. The monoisotopic (exact) mass is 537 g/mol. The van der Waals surface area contributed by atoms with Crippen LogP contribution in [0.3, 0.4) is 0 Å². The quantitative estimate of drug-likeness (QED) is 0.499. The molecule has 0 radical (unpaired) electrons. The van der Waals surface area contributed by atoms with Crippen LogP contribution in [0.2, 0.25) is 0 Å². The van der Waals surface area contributed by atoms with Crippen molar-refractivity contribution in [2.45, 2.75) is 46.2 Å². The molecule has 2 rings (SSSR count). The average molecular weight is 539 g/mol. The Kier molecular flexibility index (Phi) is 9.48. The fourth-order valence-electron chi connectivity index (χ4n) is 3.72. The normalized spacial score (nSPS) is 12.2. The summed E-state index contributed by atoms with van der Waals surface area (Å²) in [5.74, 6) is -0.466. The van der Waals surface area contributed by atoms with Crippen LogP contribution < -0.4 is 9.62 Å². The van der Waals surface area contributed by atoms with E-state index in [1.54, 1.807) is 6.92 Å². The van der Waals surface area contributed by atoms with Gasteiger partial charge >= 0.3 is 0 Å². The van der Waals surface area contributed by atoms with Gasteiger partial charge in [-0.05, 0) is 68.1 Å². The van der Waals surface area contributed by atoms with E-state index >= 15 is 0 Å². The molecule has 0 aliphatic rings. The highest BCUT2D eigenvalue weighted by Crippen LogP contribution is 2.22. The second kappa shape index (κ2) is 11.7. The molecule has 33 heavy (non-hydrogen) atoms. The van der Waals surface area contributed by atoms with Crippen LogP contribution in [0.25, 0.3) is 0 Å². The summed E-state index contributed by atoms with van der Waals surface area (Å²) in [5.41, 5.74) is 3.41. The van der Waals surface area contributed by atoms with Gasteiger partial charge in [0.1, 0.15) is 6.04 Å². The van der Waals surface area contributed by atoms with Gasteiger partial charge in [-0.25, -0.2) is 8.42 Å². The molecular weight excluding hydrogens is 506 g/mol. The van der Waals surface area contributed by atoms with E-state index in [4.69, 9.17) is 0 Å². The van der Waals surface area contributed by atoms with Crippen molar-refractivity contribution in [3.05, 3.63) is 63.6 Å². The summed E-state index contributed by atoms with van der Waals surface area (Å²) in [5, 5.41) is 2.59. The van der Waals surface area contributed by atoms with E-state index in [0.717, 1.165) is 21.2 Å². The summed E-state index contributed by atoms with van der Waals surface area (Å²) in [4.78, 5) is 26.9. The second-order valence-electron chi connectivity index (χ2n) is 8.23. The molecule has 180 valence electrons. The Morgan fingerprint density at radius 1 is 1.09 bits per heavy atom. The number of hydrogen-bond acceptors (Lipinski definition) is 4. The topological polar surface area (TPSA) is 86.8 Å². The molecule has 2 aromatic carbocycles. The predicted octanol–water partition coefficient (Wildman–Crippen LogP) is 3.78. The van der Waals surface area contributed by atoms with E-state index in [1.807, 2.05) is 56.3 Å². The Morgan fingerprint density at radius 2 is 1.73 bits per heavy atom. The fraction of sp³-hybridized carbons (Fsp3) is 0.417. The number of benzene rings is 2. The van der Waals surface area contributed by atoms with Crippen molar-refractivity contribution in [3.63, 3.8) is 0 Å². The first kappa shape index (κ1) is 26.9. The van der Waals surface area contributed by atoms with Crippen molar-refractivity contribution in [2.24, 2.45) is 0 Å². The maximum Gasteiger partial charge on any atom is 0.242 e. The summed E-state index contributed by atoms with van der Waals surface area (Å²) in [6.07, 6.45) is 1.61. The second-order valence-corrected chi connectivity index (χ2v) is 11.0. The molecule has 0 spiro atoms. The lowest BCUT2D eigenvalue weighted by Gasteiger charge is -2.29. The minimum Gasteiger partial charge on any atom is -0.357 e. The first-order valence-corrected chi connectivity index (χ1v) is 13.4. The van der Waals surface area contributed by atoms with Gasteiger partial charge in [0.25, 0.3) is 0 Å². The Balaban J connectivity index is 2.17. The van der Waals surface area contributed by atoms with Crippen molar-refractivity contribution in [1.29, 1.82) is 0 Å². The van der Waals surface area contributed by atoms with Crippen LogP contribution in [0.15, 0.2) is 46.9 Å². The molecule has 0 aliphatic heterocycles. The zero-order valence-corrected chi connectivity index (χ0v) is 22.2. The number of carbonyl (C=O) groups is 2. The Labute approximate surface area is 205 Å². The molecule has 0 fully saturated rings. The summed E-state index contributed by atoms with van der Waals surface area (Å²) in [7, 11) is -1.98. The molecule has 1 N–H and O–H groups in total. The van der Waals surface area contributed by atoms with Gasteiger partial charge in [0, 0.05) is 31.0 Å². The van der Waals surface area contributed by atoms with Crippen molar-refractivity contribution in [3.8, 4) is 0 Å². The smallest absolute Gasteiger partial charge is 0.242 e. The van der Waals surface area contributed by atoms with Crippen LogP contribution >= 0.6 is 15.9 Å². The van der Waals surface area contributed by atoms with Gasteiger partial charge in [0.2, 0.25) is 21.8 Å². The van der Waals surface area contributed by atoms with Gasteiger partial charge in [-0.3, -0.25) is 13.9 Å². The number of hydrogen-bond donors (Lipinski definition) is 1. The highest BCUT2D eigenvalue weighted by Gasteiger charge is 2.26. The van der Waals surface area contributed by atoms with Crippen molar-refractivity contribution in [2.75, 3.05) is 24.2 Å². The highest BCUT2D eigenvalue weighted by molar-refractivity contribution is 9.10. The minimum atomic E-state index is -3.52. The lowest BCUT2D eigenvalue weighted by atomic mass is 10.1. The zero-order chi connectivity index (χ0) is 24.8. The maximum absolute atomic E-state index is 13.1. The van der Waals surface area contributed by atoms with Crippen molar-refractivity contribution >= 4 is 43.5 Å². The van der Waals surface area contributed by atoms with Gasteiger partial charge in [0.05, 0.1) is 11.9 Å². The molecule has 1 atom stereocenters. The largest absolute Gasteiger partial charge is 0.357 e. The minimum absolute atomic E-state index is 0.117. The Bertz CT molecular complexity index is 1080. The van der Waals surface area contributed by atoms with Crippen LogP contribution in [0.5, 0.6) is 0 Å². The number of nitrogens with one attached hydrogen (secondary N) is 1. The third kappa shape index (κ3) is 7.85. The molecule has 0 saturated carbocycles. The molecule has 9 heteroatoms. The maximum atomic E-state index is 13.1. The first-order chi connectivity index (χ1) is 15.4. The van der Waals surface area contributed by atoms with E-state index in [1.165, 1.54) is 22.5 Å². The lowest BCUT2D eigenvalue weighted by molar-refractivity contribution is -0.140. The molecule has 0 bridgehead atoms. The first-order valence-electron chi connectivity index (χ1n) is 10.7. The number of halogens is 1. The molecule has 0 saturated heterocycles. The fourth-order valence-corrected chi connectivity index (χ4v) is 5.12. The number of rotatable bonds is 10. The van der Waals surface area contributed by atoms with Crippen LogP contribution in [0.4, 0.5) is 5.69 Å². The van der Waals surface area contributed by atoms with Gasteiger partial charge in [-0.15, -0.1) is 0 Å². The summed E-state index contributed by atoms with van der Waals surface area (Å²) in [6.45, 7) is 5.97. The van der Waals surface area contributed by atoms with E-state index < -0.39 is 16.1 Å². The molecular formula is C24H32BrN3O4S. The predicted molar refractivity (Wildman–Crippen MR) is 136 cm³/mol. The van der Waals surface area contributed by atoms with Gasteiger partial charge in [0.15, 0.2) is 0 Å². The molecule has 2 amide bonds. The number of carbonyl (C=O) groups excluding carboxylic acids is 2. The zero-order valence-electron chi connectivity index (χ0n) is 19.8. The highest BCUT2D eigenvalue weighted by atomic mass is 79.9. The van der Waals surface area contributed by atoms with Gasteiger partial charge in [-0.2, -0.15) is 0 Å². The lowest BCUT2D eigenvalue weighted by Crippen LogP contribution is -2.46. The molecule has 7 nitrogen and oxygen atoms in total. The molecule has 0 heterocycles. The third-order valence-corrected chi connectivity index (χ3v) is 6.99.